The minimum atomic E-state index is -1.08. The Bertz CT molecular complexity index is 120. The number of esters is 1. The average molecular weight is 162 g/mol. The van der Waals surface area contributed by atoms with Gasteiger partial charge in [0.15, 0.2) is 0 Å². The van der Waals surface area contributed by atoms with Gasteiger partial charge in [0.25, 0.3) is 0 Å². The third kappa shape index (κ3) is 5.82. The SMILES string of the molecule is C[C@H](O)CCOC(=O)[C@@H](C)O. The first-order valence-corrected chi connectivity index (χ1v) is 3.56. The van der Waals surface area contributed by atoms with E-state index in [0.717, 1.165) is 0 Å². The average Bonchev–Trinajstić information content (AvgIpc) is 1.86. The van der Waals surface area contributed by atoms with Gasteiger partial charge < -0.3 is 14.9 Å². The highest BCUT2D eigenvalue weighted by atomic mass is 16.5. The highest BCUT2D eigenvalue weighted by Crippen LogP contribution is 1.92. The van der Waals surface area contributed by atoms with Crippen molar-refractivity contribution in [3.05, 3.63) is 0 Å². The molecule has 0 aliphatic heterocycles. The summed E-state index contributed by atoms with van der Waals surface area (Å²) in [4.78, 5) is 10.6. The molecule has 66 valence electrons. The topological polar surface area (TPSA) is 66.8 Å². The molecular formula is C7H14O4. The molecule has 0 fully saturated rings. The van der Waals surface area contributed by atoms with Gasteiger partial charge in [-0.05, 0) is 13.8 Å². The summed E-state index contributed by atoms with van der Waals surface area (Å²) in [6.07, 6.45) is -1.15. The van der Waals surface area contributed by atoms with Crippen molar-refractivity contribution >= 4 is 5.97 Å². The molecule has 0 aliphatic carbocycles. The lowest BCUT2D eigenvalue weighted by molar-refractivity contribution is -0.153. The van der Waals surface area contributed by atoms with Gasteiger partial charge in [-0.25, -0.2) is 4.79 Å². The van der Waals surface area contributed by atoms with Crippen molar-refractivity contribution in [3.63, 3.8) is 0 Å². The maximum Gasteiger partial charge on any atom is 0.334 e. The van der Waals surface area contributed by atoms with Gasteiger partial charge in [-0.2, -0.15) is 0 Å². The zero-order chi connectivity index (χ0) is 8.85. The monoisotopic (exact) mass is 162 g/mol. The van der Waals surface area contributed by atoms with E-state index in [0.29, 0.717) is 6.42 Å². The summed E-state index contributed by atoms with van der Waals surface area (Å²) in [6, 6.07) is 0. The molecule has 0 amide bonds. The minimum absolute atomic E-state index is 0.154. The molecule has 0 bridgehead atoms. The van der Waals surface area contributed by atoms with E-state index in [1.54, 1.807) is 6.92 Å². The molecule has 4 heteroatoms. The predicted octanol–water partition coefficient (Wildman–Crippen LogP) is -0.319. The van der Waals surface area contributed by atoms with Crippen molar-refractivity contribution in [1.82, 2.24) is 0 Å². The van der Waals surface area contributed by atoms with Crippen molar-refractivity contribution in [2.45, 2.75) is 32.5 Å². The smallest absolute Gasteiger partial charge is 0.334 e. The highest BCUT2D eigenvalue weighted by molar-refractivity contribution is 5.73. The van der Waals surface area contributed by atoms with Crippen LogP contribution in [0.4, 0.5) is 0 Å². The lowest BCUT2D eigenvalue weighted by Crippen LogP contribution is -2.20. The molecule has 0 saturated heterocycles. The van der Waals surface area contributed by atoms with Crippen LogP contribution in [0.15, 0.2) is 0 Å². The van der Waals surface area contributed by atoms with E-state index >= 15 is 0 Å². The summed E-state index contributed by atoms with van der Waals surface area (Å²) in [5.74, 6) is -0.648. The molecule has 2 N–H and O–H groups in total. The Balaban J connectivity index is 3.32. The molecule has 0 aliphatic rings. The van der Waals surface area contributed by atoms with E-state index in [4.69, 9.17) is 10.2 Å². The lowest BCUT2D eigenvalue weighted by Gasteiger charge is -2.07. The van der Waals surface area contributed by atoms with Crippen LogP contribution in [-0.2, 0) is 9.53 Å². The first-order valence-electron chi connectivity index (χ1n) is 3.56. The maximum atomic E-state index is 10.6. The summed E-state index contributed by atoms with van der Waals surface area (Å²) >= 11 is 0. The van der Waals surface area contributed by atoms with Gasteiger partial charge >= 0.3 is 5.97 Å². The van der Waals surface area contributed by atoms with Crippen LogP contribution in [0.3, 0.4) is 0 Å². The Labute approximate surface area is 65.8 Å². The Morgan fingerprint density at radius 2 is 2.00 bits per heavy atom. The van der Waals surface area contributed by atoms with Crippen LogP contribution in [0.5, 0.6) is 0 Å². The van der Waals surface area contributed by atoms with E-state index in [-0.39, 0.29) is 6.61 Å². The fourth-order valence-electron chi connectivity index (χ4n) is 0.451. The zero-order valence-electron chi connectivity index (χ0n) is 6.78. The Morgan fingerprint density at radius 1 is 1.45 bits per heavy atom. The molecular weight excluding hydrogens is 148 g/mol. The van der Waals surface area contributed by atoms with Gasteiger partial charge in [-0.3, -0.25) is 0 Å². The summed E-state index contributed by atoms with van der Waals surface area (Å²) in [5, 5.41) is 17.4. The van der Waals surface area contributed by atoms with Crippen molar-refractivity contribution in [2.24, 2.45) is 0 Å². The van der Waals surface area contributed by atoms with Gasteiger partial charge in [0.05, 0.1) is 12.7 Å². The normalized spacial score (nSPS) is 15.6. The van der Waals surface area contributed by atoms with E-state index in [1.807, 2.05) is 0 Å². The van der Waals surface area contributed by atoms with Crippen molar-refractivity contribution in [3.8, 4) is 0 Å². The standard InChI is InChI=1S/C7H14O4/c1-5(8)3-4-11-7(10)6(2)9/h5-6,8-9H,3-4H2,1-2H3/t5-,6+/m0/s1. The van der Waals surface area contributed by atoms with Crippen LogP contribution in [0.25, 0.3) is 0 Å². The van der Waals surface area contributed by atoms with Crippen LogP contribution >= 0.6 is 0 Å². The van der Waals surface area contributed by atoms with Crippen LogP contribution in [0.2, 0.25) is 0 Å². The molecule has 2 atom stereocenters. The van der Waals surface area contributed by atoms with Crippen molar-refractivity contribution < 1.29 is 19.7 Å². The number of hydrogen-bond donors (Lipinski definition) is 2. The van der Waals surface area contributed by atoms with E-state index in [2.05, 4.69) is 4.74 Å². The Hall–Kier alpha value is -0.610. The third-order valence-corrected chi connectivity index (χ3v) is 1.12. The second-order valence-corrected chi connectivity index (χ2v) is 2.48. The Kier molecular flexibility index (Phi) is 4.81. The van der Waals surface area contributed by atoms with Crippen LogP contribution < -0.4 is 0 Å². The van der Waals surface area contributed by atoms with E-state index < -0.39 is 18.2 Å². The summed E-state index contributed by atoms with van der Waals surface area (Å²) in [7, 11) is 0. The molecule has 0 spiro atoms. The van der Waals surface area contributed by atoms with Gasteiger partial charge in [0.2, 0.25) is 0 Å². The molecule has 0 aromatic carbocycles. The second-order valence-electron chi connectivity index (χ2n) is 2.48. The van der Waals surface area contributed by atoms with Crippen molar-refractivity contribution in [1.29, 1.82) is 0 Å². The number of ether oxygens (including phenoxy) is 1. The largest absolute Gasteiger partial charge is 0.464 e. The van der Waals surface area contributed by atoms with Gasteiger partial charge in [-0.15, -0.1) is 0 Å². The van der Waals surface area contributed by atoms with Gasteiger partial charge in [0.1, 0.15) is 6.10 Å². The molecule has 0 aromatic heterocycles. The zero-order valence-corrected chi connectivity index (χ0v) is 6.78. The summed E-state index contributed by atoms with van der Waals surface area (Å²) in [6.45, 7) is 3.10. The van der Waals surface area contributed by atoms with E-state index in [1.165, 1.54) is 6.92 Å². The number of aliphatic hydroxyl groups is 2. The number of hydrogen-bond acceptors (Lipinski definition) is 4. The maximum absolute atomic E-state index is 10.6. The quantitative estimate of drug-likeness (QED) is 0.556. The fraction of sp³-hybridized carbons (Fsp3) is 0.857. The highest BCUT2D eigenvalue weighted by Gasteiger charge is 2.09. The Morgan fingerprint density at radius 3 is 2.36 bits per heavy atom. The molecule has 0 heterocycles. The summed E-state index contributed by atoms with van der Waals surface area (Å²) < 4.78 is 4.57. The predicted molar refractivity (Wildman–Crippen MR) is 38.9 cm³/mol. The lowest BCUT2D eigenvalue weighted by atomic mass is 10.3. The van der Waals surface area contributed by atoms with Crippen LogP contribution in [0, 0.1) is 0 Å². The molecule has 0 rings (SSSR count). The molecule has 4 nitrogen and oxygen atoms in total. The number of rotatable bonds is 4. The van der Waals surface area contributed by atoms with Crippen molar-refractivity contribution in [2.75, 3.05) is 6.61 Å². The fourth-order valence-corrected chi connectivity index (χ4v) is 0.451. The molecule has 11 heavy (non-hydrogen) atoms. The first kappa shape index (κ1) is 10.4. The van der Waals surface area contributed by atoms with Gasteiger partial charge in [-0.1, -0.05) is 0 Å². The van der Waals surface area contributed by atoms with Gasteiger partial charge in [0, 0.05) is 6.42 Å². The molecule has 0 unspecified atom stereocenters. The minimum Gasteiger partial charge on any atom is -0.464 e. The number of aliphatic hydroxyl groups excluding tert-OH is 2. The van der Waals surface area contributed by atoms with Crippen LogP contribution in [-0.4, -0.2) is 35.0 Å². The van der Waals surface area contributed by atoms with Crippen LogP contribution in [0.1, 0.15) is 20.3 Å². The first-order chi connectivity index (χ1) is 5.04. The third-order valence-electron chi connectivity index (χ3n) is 1.12. The molecule has 0 saturated carbocycles. The second kappa shape index (κ2) is 5.09. The molecule has 0 radical (unpaired) electrons. The number of carbonyl (C=O) groups is 1. The van der Waals surface area contributed by atoms with E-state index in [9.17, 15) is 4.79 Å². The molecule has 0 aromatic rings. The number of carbonyl (C=O) groups excluding carboxylic acids is 1. The summed E-state index contributed by atoms with van der Waals surface area (Å²) in [5.41, 5.74) is 0.